The first-order valence-corrected chi connectivity index (χ1v) is 8.15. The molecule has 2 N–H and O–H groups in total. The van der Waals surface area contributed by atoms with Crippen molar-refractivity contribution in [2.24, 2.45) is 10.9 Å². The van der Waals surface area contributed by atoms with E-state index in [1.54, 1.807) is 14.1 Å². The van der Waals surface area contributed by atoms with Gasteiger partial charge in [-0.3, -0.25) is 14.7 Å². The van der Waals surface area contributed by atoms with Crippen LogP contribution >= 0.6 is 23.5 Å². The number of amidine groups is 1. The fourth-order valence-electron chi connectivity index (χ4n) is 2.21. The van der Waals surface area contributed by atoms with Crippen molar-refractivity contribution in [2.45, 2.75) is 18.7 Å². The standard InChI is InChI=1S/C12H17N3O3S2/c1-4-6-9(16)15-8(11(17)18)12(20-10(6)15)19-5-7(13-2)14-3/h6,10H,4-5H2,1-3H3,(H,13,14)(H,17,18)/t6-,10+/m0/s1. The quantitative estimate of drug-likeness (QED) is 0.450. The van der Waals surface area contributed by atoms with Crippen LogP contribution < -0.4 is 5.32 Å². The minimum atomic E-state index is -1.04. The largest absolute Gasteiger partial charge is 0.477 e. The Morgan fingerprint density at radius 1 is 1.60 bits per heavy atom. The lowest BCUT2D eigenvalue weighted by molar-refractivity contribution is -0.151. The molecule has 0 unspecified atom stereocenters. The number of nitrogens with zero attached hydrogens (tertiary/aromatic N) is 2. The zero-order chi connectivity index (χ0) is 14.9. The molecule has 0 saturated carbocycles. The molecule has 6 nitrogen and oxygen atoms in total. The van der Waals surface area contributed by atoms with E-state index in [9.17, 15) is 14.7 Å². The Labute approximate surface area is 126 Å². The third kappa shape index (κ3) is 2.42. The number of hydrogen-bond acceptors (Lipinski definition) is 5. The molecule has 1 saturated heterocycles. The summed E-state index contributed by atoms with van der Waals surface area (Å²) in [6.07, 6.45) is 0.746. The van der Waals surface area contributed by atoms with E-state index in [2.05, 4.69) is 10.3 Å². The van der Waals surface area contributed by atoms with Crippen LogP contribution in [0.4, 0.5) is 0 Å². The smallest absolute Gasteiger partial charge is 0.354 e. The number of amides is 1. The number of carboxylic acids is 1. The van der Waals surface area contributed by atoms with Crippen LogP contribution in [0, 0.1) is 5.92 Å². The normalized spacial score (nSPS) is 25.6. The minimum absolute atomic E-state index is 0.0438. The summed E-state index contributed by atoms with van der Waals surface area (Å²) in [7, 11) is 3.46. The number of aliphatic carboxylic acids is 1. The van der Waals surface area contributed by atoms with Crippen molar-refractivity contribution in [3.8, 4) is 0 Å². The van der Waals surface area contributed by atoms with Gasteiger partial charge >= 0.3 is 5.97 Å². The molecule has 2 aliphatic heterocycles. The first kappa shape index (κ1) is 15.2. The van der Waals surface area contributed by atoms with Crippen LogP contribution in [0.3, 0.4) is 0 Å². The van der Waals surface area contributed by atoms with Gasteiger partial charge in [-0.2, -0.15) is 0 Å². The van der Waals surface area contributed by atoms with Gasteiger partial charge in [-0.25, -0.2) is 4.79 Å². The highest BCUT2D eigenvalue weighted by Gasteiger charge is 2.55. The van der Waals surface area contributed by atoms with Crippen LogP contribution in [-0.2, 0) is 9.59 Å². The summed E-state index contributed by atoms with van der Waals surface area (Å²) >= 11 is 2.89. The molecule has 0 aliphatic carbocycles. The second-order valence-corrected chi connectivity index (χ2v) is 6.75. The van der Waals surface area contributed by atoms with Gasteiger partial charge in [0.2, 0.25) is 5.91 Å². The van der Waals surface area contributed by atoms with Crippen molar-refractivity contribution >= 4 is 41.2 Å². The SMILES string of the molecule is CC[C@H]1C(=O)N2C(C(=O)O)=C(SCC(=NC)NC)S[C@H]12. The van der Waals surface area contributed by atoms with Gasteiger partial charge in [0.05, 0.1) is 21.3 Å². The molecule has 0 spiro atoms. The number of carbonyl (C=O) groups is 2. The topological polar surface area (TPSA) is 82.0 Å². The molecule has 2 atom stereocenters. The minimum Gasteiger partial charge on any atom is -0.477 e. The summed E-state index contributed by atoms with van der Waals surface area (Å²) in [6.45, 7) is 1.95. The fraction of sp³-hybridized carbons (Fsp3) is 0.583. The summed E-state index contributed by atoms with van der Waals surface area (Å²) in [5.74, 6) is 0.190. The third-order valence-electron chi connectivity index (χ3n) is 3.36. The number of nitrogens with one attached hydrogen (secondary N) is 1. The molecule has 2 heterocycles. The summed E-state index contributed by atoms with van der Waals surface area (Å²) in [4.78, 5) is 28.8. The van der Waals surface area contributed by atoms with Gasteiger partial charge in [0.25, 0.3) is 0 Å². The molecule has 1 fully saturated rings. The first-order valence-electron chi connectivity index (χ1n) is 6.28. The van der Waals surface area contributed by atoms with Gasteiger partial charge in [0.1, 0.15) is 5.84 Å². The van der Waals surface area contributed by atoms with Gasteiger partial charge in [-0.05, 0) is 6.42 Å². The van der Waals surface area contributed by atoms with Crippen molar-refractivity contribution in [1.82, 2.24) is 10.2 Å². The van der Waals surface area contributed by atoms with Crippen LogP contribution in [0.5, 0.6) is 0 Å². The molecule has 0 aromatic heterocycles. The summed E-state index contributed by atoms with van der Waals surface area (Å²) < 4.78 is 0.697. The number of thioether (sulfide) groups is 2. The molecule has 0 radical (unpaired) electrons. The van der Waals surface area contributed by atoms with E-state index >= 15 is 0 Å². The monoisotopic (exact) mass is 315 g/mol. The maximum absolute atomic E-state index is 12.0. The Balaban J connectivity index is 2.15. The number of aliphatic imine (C=N–C) groups is 1. The van der Waals surface area contributed by atoms with Gasteiger partial charge in [-0.15, -0.1) is 11.8 Å². The number of β-lactam (4-membered cyclic amide) rings is 1. The molecule has 1 amide bonds. The van der Waals surface area contributed by atoms with Crippen molar-refractivity contribution in [1.29, 1.82) is 0 Å². The predicted molar refractivity (Wildman–Crippen MR) is 81.5 cm³/mol. The first-order chi connectivity index (χ1) is 9.54. The molecule has 8 heteroatoms. The molecule has 0 bridgehead atoms. The van der Waals surface area contributed by atoms with Crippen molar-refractivity contribution in [2.75, 3.05) is 19.8 Å². The highest BCUT2D eigenvalue weighted by molar-refractivity contribution is 8.23. The van der Waals surface area contributed by atoms with Crippen molar-refractivity contribution in [3.63, 3.8) is 0 Å². The molecular weight excluding hydrogens is 298 g/mol. The average molecular weight is 315 g/mol. The van der Waals surface area contributed by atoms with Gasteiger partial charge < -0.3 is 10.4 Å². The fourth-order valence-corrected chi connectivity index (χ4v) is 5.12. The average Bonchev–Trinajstić information content (AvgIpc) is 2.76. The van der Waals surface area contributed by atoms with Crippen LogP contribution in [0.25, 0.3) is 0 Å². The Morgan fingerprint density at radius 2 is 2.30 bits per heavy atom. The molecular formula is C12H17N3O3S2. The Hall–Kier alpha value is -1.15. The zero-order valence-corrected chi connectivity index (χ0v) is 13.2. The van der Waals surface area contributed by atoms with Crippen LogP contribution in [0.2, 0.25) is 0 Å². The number of carboxylic acid groups (broad SMARTS) is 1. The number of rotatable bonds is 5. The number of hydrogen-bond donors (Lipinski definition) is 2. The summed E-state index contributed by atoms with van der Waals surface area (Å²) in [5, 5.41) is 12.2. The zero-order valence-electron chi connectivity index (χ0n) is 11.5. The van der Waals surface area contributed by atoms with E-state index in [-0.39, 0.29) is 22.9 Å². The van der Waals surface area contributed by atoms with Crippen molar-refractivity contribution < 1.29 is 14.7 Å². The second kappa shape index (κ2) is 6.09. The van der Waals surface area contributed by atoms with Gasteiger partial charge in [-0.1, -0.05) is 18.7 Å². The Bertz CT molecular complexity index is 504. The van der Waals surface area contributed by atoms with Crippen LogP contribution in [0.15, 0.2) is 14.9 Å². The Kier molecular flexibility index (Phi) is 4.64. The number of carbonyl (C=O) groups excluding carboxylic acids is 1. The number of fused-ring (bicyclic) bond motifs is 1. The van der Waals surface area contributed by atoms with Crippen LogP contribution in [-0.4, -0.2) is 52.9 Å². The molecule has 2 rings (SSSR count). The van der Waals surface area contributed by atoms with Crippen LogP contribution in [0.1, 0.15) is 13.3 Å². The van der Waals surface area contributed by atoms with Gasteiger partial charge in [0, 0.05) is 14.1 Å². The van der Waals surface area contributed by atoms with Gasteiger partial charge in [0.15, 0.2) is 5.70 Å². The van der Waals surface area contributed by atoms with E-state index in [0.29, 0.717) is 9.99 Å². The molecule has 2 aliphatic rings. The summed E-state index contributed by atoms with van der Waals surface area (Å²) in [6, 6.07) is 0. The van der Waals surface area contributed by atoms with Crippen molar-refractivity contribution in [3.05, 3.63) is 9.93 Å². The lowest BCUT2D eigenvalue weighted by atomic mass is 9.95. The highest BCUT2D eigenvalue weighted by Crippen LogP contribution is 2.53. The molecule has 0 aromatic rings. The lowest BCUT2D eigenvalue weighted by Gasteiger charge is -2.41. The third-order valence-corrected chi connectivity index (χ3v) is 6.06. The van der Waals surface area contributed by atoms with E-state index in [0.717, 1.165) is 12.3 Å². The Morgan fingerprint density at radius 3 is 2.80 bits per heavy atom. The van der Waals surface area contributed by atoms with E-state index in [1.807, 2.05) is 6.92 Å². The molecule has 20 heavy (non-hydrogen) atoms. The molecule has 0 aromatic carbocycles. The maximum Gasteiger partial charge on any atom is 0.354 e. The maximum atomic E-state index is 12.0. The van der Waals surface area contributed by atoms with E-state index < -0.39 is 5.97 Å². The molecule has 110 valence electrons. The van der Waals surface area contributed by atoms with E-state index in [1.165, 1.54) is 28.4 Å². The highest BCUT2D eigenvalue weighted by atomic mass is 32.2. The lowest BCUT2D eigenvalue weighted by Crippen LogP contribution is -2.56. The summed E-state index contributed by atoms with van der Waals surface area (Å²) in [5.41, 5.74) is 0.131. The van der Waals surface area contributed by atoms with E-state index in [4.69, 9.17) is 0 Å². The second-order valence-electron chi connectivity index (χ2n) is 4.38. The predicted octanol–water partition coefficient (Wildman–Crippen LogP) is 1.16.